The van der Waals surface area contributed by atoms with E-state index < -0.39 is 0 Å². The van der Waals surface area contributed by atoms with Crippen LogP contribution in [0.4, 0.5) is 5.69 Å². The molecule has 1 aliphatic rings. The van der Waals surface area contributed by atoms with E-state index in [2.05, 4.69) is 32.0 Å². The van der Waals surface area contributed by atoms with Gasteiger partial charge in [-0.25, -0.2) is 0 Å². The average molecular weight is 425 g/mol. The molecule has 7 heteroatoms. The van der Waals surface area contributed by atoms with Crippen LogP contribution >= 0.6 is 23.1 Å². The summed E-state index contributed by atoms with van der Waals surface area (Å²) in [7, 11) is 0. The third-order valence-electron chi connectivity index (χ3n) is 4.96. The summed E-state index contributed by atoms with van der Waals surface area (Å²) in [5.41, 5.74) is 4.54. The summed E-state index contributed by atoms with van der Waals surface area (Å²) in [6, 6.07) is 7.80. The number of hydrogen-bond donors (Lipinski definition) is 1. The van der Waals surface area contributed by atoms with Crippen LogP contribution in [0.15, 0.2) is 47.5 Å². The largest absolute Gasteiger partial charge is 0.325 e. The number of nitrogens with zero attached hydrogens (tertiary/aromatic N) is 3. The molecule has 0 saturated carbocycles. The van der Waals surface area contributed by atoms with Gasteiger partial charge in [0.15, 0.2) is 11.0 Å². The first-order valence-electron chi connectivity index (χ1n) is 9.78. The molecule has 0 unspecified atom stereocenters. The van der Waals surface area contributed by atoms with Gasteiger partial charge in [-0.15, -0.1) is 28.1 Å². The Morgan fingerprint density at radius 3 is 3.03 bits per heavy atom. The fourth-order valence-corrected chi connectivity index (χ4v) is 5.49. The van der Waals surface area contributed by atoms with E-state index in [1.165, 1.54) is 40.6 Å². The summed E-state index contributed by atoms with van der Waals surface area (Å²) in [5.74, 6) is 1.11. The topological polar surface area (TPSA) is 59.8 Å². The van der Waals surface area contributed by atoms with Crippen molar-refractivity contribution in [2.75, 3.05) is 11.1 Å². The van der Waals surface area contributed by atoms with Crippen LogP contribution in [0.5, 0.6) is 0 Å². The van der Waals surface area contributed by atoms with Crippen LogP contribution in [-0.2, 0) is 24.2 Å². The molecule has 2 aromatic heterocycles. The van der Waals surface area contributed by atoms with Gasteiger partial charge < -0.3 is 5.32 Å². The fourth-order valence-electron chi connectivity index (χ4n) is 3.62. The lowest BCUT2D eigenvalue weighted by atomic mass is 9.95. The molecule has 0 aliphatic heterocycles. The molecular formula is C22H24N4OS2. The number of hydrogen-bond acceptors (Lipinski definition) is 5. The second kappa shape index (κ2) is 8.97. The smallest absolute Gasteiger partial charge is 0.234 e. The highest BCUT2D eigenvalue weighted by Gasteiger charge is 2.22. The third kappa shape index (κ3) is 4.46. The molecule has 0 atom stereocenters. The number of allylic oxidation sites excluding steroid dienone is 1. The Morgan fingerprint density at radius 1 is 1.34 bits per heavy atom. The van der Waals surface area contributed by atoms with E-state index in [0.29, 0.717) is 6.54 Å². The predicted molar refractivity (Wildman–Crippen MR) is 121 cm³/mol. The molecule has 0 fully saturated rings. The second-order valence-corrected chi connectivity index (χ2v) is 9.08. The molecule has 3 aromatic rings. The van der Waals surface area contributed by atoms with Crippen LogP contribution in [0, 0.1) is 6.92 Å². The lowest BCUT2D eigenvalue weighted by molar-refractivity contribution is -0.113. The summed E-state index contributed by atoms with van der Waals surface area (Å²) in [5, 5.41) is 14.8. The summed E-state index contributed by atoms with van der Waals surface area (Å²) in [6.07, 6.45) is 6.62. The van der Waals surface area contributed by atoms with Crippen molar-refractivity contribution in [2.45, 2.75) is 44.3 Å². The Morgan fingerprint density at radius 2 is 2.21 bits per heavy atom. The van der Waals surface area contributed by atoms with Crippen molar-refractivity contribution in [3.8, 4) is 11.4 Å². The average Bonchev–Trinajstić information content (AvgIpc) is 3.30. The monoisotopic (exact) mass is 424 g/mol. The molecule has 1 N–H and O–H groups in total. The highest BCUT2D eigenvalue weighted by molar-refractivity contribution is 7.99. The van der Waals surface area contributed by atoms with Crippen molar-refractivity contribution in [3.05, 3.63) is 58.3 Å². The van der Waals surface area contributed by atoms with Crippen LogP contribution in [0.3, 0.4) is 0 Å². The normalized spacial score (nSPS) is 13.1. The molecule has 5 nitrogen and oxygen atoms in total. The summed E-state index contributed by atoms with van der Waals surface area (Å²) < 4.78 is 2.06. The first-order valence-corrected chi connectivity index (χ1v) is 11.6. The highest BCUT2D eigenvalue weighted by atomic mass is 32.2. The summed E-state index contributed by atoms with van der Waals surface area (Å²) >= 11 is 3.23. The van der Waals surface area contributed by atoms with Gasteiger partial charge in [-0.05, 0) is 55.9 Å². The Kier molecular flexibility index (Phi) is 6.16. The molecular weight excluding hydrogens is 400 g/mol. The Balaban J connectivity index is 1.50. The number of anilines is 1. The Labute approximate surface area is 179 Å². The van der Waals surface area contributed by atoms with Crippen molar-refractivity contribution in [1.29, 1.82) is 0 Å². The summed E-state index contributed by atoms with van der Waals surface area (Å²) in [4.78, 5) is 13.9. The molecule has 4 rings (SSSR count). The minimum absolute atomic E-state index is 0.0526. The minimum atomic E-state index is -0.0526. The highest BCUT2D eigenvalue weighted by Crippen LogP contribution is 2.36. The number of carbonyl (C=O) groups is 1. The van der Waals surface area contributed by atoms with E-state index in [-0.39, 0.29) is 11.7 Å². The first kappa shape index (κ1) is 19.9. The zero-order chi connectivity index (χ0) is 20.2. The standard InChI is InChI=1S/C22H24N4OS2/c1-3-11-26-21(18-13-28-19-10-5-4-9-17(18)19)24-25-22(26)29-14-20(27)23-16-8-6-7-15(2)12-16/h3,6-8,12-13H,1,4-5,9-11,14H2,2H3,(H,23,27). The van der Waals surface area contributed by atoms with Gasteiger partial charge in [0.05, 0.1) is 5.75 Å². The van der Waals surface area contributed by atoms with E-state index in [0.717, 1.165) is 35.1 Å². The number of carbonyl (C=O) groups excluding carboxylic acids is 1. The van der Waals surface area contributed by atoms with Crippen molar-refractivity contribution in [3.63, 3.8) is 0 Å². The zero-order valence-electron chi connectivity index (χ0n) is 16.5. The lowest BCUT2D eigenvalue weighted by Gasteiger charge is -2.13. The maximum absolute atomic E-state index is 12.4. The van der Waals surface area contributed by atoms with Gasteiger partial charge in [-0.2, -0.15) is 0 Å². The van der Waals surface area contributed by atoms with Crippen LogP contribution in [0.1, 0.15) is 28.8 Å². The van der Waals surface area contributed by atoms with Gasteiger partial charge in [-0.3, -0.25) is 9.36 Å². The molecule has 0 saturated heterocycles. The van der Waals surface area contributed by atoms with Gasteiger partial charge >= 0.3 is 0 Å². The van der Waals surface area contributed by atoms with Gasteiger partial charge in [0, 0.05) is 28.1 Å². The Hall–Kier alpha value is -2.38. The molecule has 0 spiro atoms. The fraction of sp³-hybridized carbons (Fsp3) is 0.318. The second-order valence-electron chi connectivity index (χ2n) is 7.17. The molecule has 0 radical (unpaired) electrons. The number of thiophene rings is 1. The van der Waals surface area contributed by atoms with Gasteiger partial charge in [0.2, 0.25) is 5.91 Å². The van der Waals surface area contributed by atoms with Crippen molar-refractivity contribution < 1.29 is 4.79 Å². The molecule has 1 aliphatic carbocycles. The number of fused-ring (bicyclic) bond motifs is 1. The number of nitrogens with one attached hydrogen (secondary N) is 1. The maximum atomic E-state index is 12.4. The van der Waals surface area contributed by atoms with Crippen LogP contribution in [-0.4, -0.2) is 26.4 Å². The zero-order valence-corrected chi connectivity index (χ0v) is 18.1. The SMILES string of the molecule is C=CCn1c(SCC(=O)Nc2cccc(C)c2)nnc1-c1csc2c1CCCC2. The van der Waals surface area contributed by atoms with Gasteiger partial charge in [0.25, 0.3) is 0 Å². The lowest BCUT2D eigenvalue weighted by Crippen LogP contribution is -2.14. The molecule has 1 aromatic carbocycles. The number of amides is 1. The Bertz CT molecular complexity index is 1040. The number of thioether (sulfide) groups is 1. The quantitative estimate of drug-likeness (QED) is 0.423. The van der Waals surface area contributed by atoms with Gasteiger partial charge in [-0.1, -0.05) is 30.0 Å². The molecule has 0 bridgehead atoms. The van der Waals surface area contributed by atoms with E-state index in [1.807, 2.05) is 48.6 Å². The first-order chi connectivity index (χ1) is 14.2. The molecule has 2 heterocycles. The molecule has 150 valence electrons. The van der Waals surface area contributed by atoms with Crippen molar-refractivity contribution in [1.82, 2.24) is 14.8 Å². The minimum Gasteiger partial charge on any atom is -0.325 e. The number of aromatic nitrogens is 3. The third-order valence-corrected chi connectivity index (χ3v) is 7.02. The van der Waals surface area contributed by atoms with E-state index in [4.69, 9.17) is 0 Å². The maximum Gasteiger partial charge on any atom is 0.234 e. The number of benzene rings is 1. The molecule has 29 heavy (non-hydrogen) atoms. The van der Waals surface area contributed by atoms with E-state index in [1.54, 1.807) is 0 Å². The van der Waals surface area contributed by atoms with Crippen molar-refractivity contribution in [2.24, 2.45) is 0 Å². The van der Waals surface area contributed by atoms with Gasteiger partial charge in [0.1, 0.15) is 0 Å². The summed E-state index contributed by atoms with van der Waals surface area (Å²) in [6.45, 7) is 6.51. The molecule has 1 amide bonds. The predicted octanol–water partition coefficient (Wildman–Crippen LogP) is 5.11. The van der Waals surface area contributed by atoms with Crippen LogP contribution in [0.25, 0.3) is 11.4 Å². The van der Waals surface area contributed by atoms with Crippen LogP contribution < -0.4 is 5.32 Å². The van der Waals surface area contributed by atoms with E-state index in [9.17, 15) is 4.79 Å². The van der Waals surface area contributed by atoms with Crippen LogP contribution in [0.2, 0.25) is 0 Å². The van der Waals surface area contributed by atoms with Crippen molar-refractivity contribution >= 4 is 34.7 Å². The van der Waals surface area contributed by atoms with E-state index >= 15 is 0 Å². The number of rotatable bonds is 7. The number of aryl methyl sites for hydroxylation is 2.